The molecule has 2 aromatic heterocycles. The number of para-hydroxylation sites is 2. The van der Waals surface area contributed by atoms with Crippen molar-refractivity contribution in [2.75, 3.05) is 47.1 Å². The van der Waals surface area contributed by atoms with E-state index in [0.29, 0.717) is 6.54 Å². The molecule has 0 unspecified atom stereocenters. The lowest BCUT2D eigenvalue weighted by Crippen LogP contribution is -2.38. The predicted octanol–water partition coefficient (Wildman–Crippen LogP) is 3.35. The summed E-state index contributed by atoms with van der Waals surface area (Å²) in [6.07, 6.45) is 1.88. The third kappa shape index (κ3) is 3.98. The Bertz CT molecular complexity index is 1330. The molecule has 0 spiro atoms. The lowest BCUT2D eigenvalue weighted by atomic mass is 10.1. The van der Waals surface area contributed by atoms with Gasteiger partial charge < -0.3 is 23.3 Å². The third-order valence-electron chi connectivity index (χ3n) is 6.47. The van der Waals surface area contributed by atoms with Crippen LogP contribution in [0.5, 0.6) is 11.5 Å². The molecule has 33 heavy (non-hydrogen) atoms. The van der Waals surface area contributed by atoms with Crippen molar-refractivity contribution in [1.82, 2.24) is 14.0 Å². The number of fused-ring (bicyclic) bond motifs is 3. The van der Waals surface area contributed by atoms with Crippen molar-refractivity contribution in [2.45, 2.75) is 13.1 Å². The topological polar surface area (TPSA) is 57.9 Å². The van der Waals surface area contributed by atoms with Crippen molar-refractivity contribution in [3.63, 3.8) is 0 Å². The average molecular weight is 448 g/mol. The first-order valence-electron chi connectivity index (χ1n) is 11.3. The largest absolute Gasteiger partial charge is 0.496 e. The molecular formula is C26H29N3O4. The SMILES string of the molecule is COc1ccccc1Cn1ccc2c(c1=O)c1cccc(OC)c1n2CCN1CCOCC1. The quantitative estimate of drug-likeness (QED) is 0.435. The van der Waals surface area contributed by atoms with Crippen LogP contribution < -0.4 is 15.0 Å². The Morgan fingerprint density at radius 2 is 1.67 bits per heavy atom. The third-order valence-corrected chi connectivity index (χ3v) is 6.47. The normalized spacial score (nSPS) is 14.7. The molecule has 1 aliphatic rings. The molecule has 0 aliphatic carbocycles. The highest BCUT2D eigenvalue weighted by Crippen LogP contribution is 2.33. The molecule has 4 aromatic rings. The molecule has 0 radical (unpaired) electrons. The number of hydrogen-bond acceptors (Lipinski definition) is 5. The summed E-state index contributed by atoms with van der Waals surface area (Å²) in [5.41, 5.74) is 2.86. The highest BCUT2D eigenvalue weighted by molar-refractivity contribution is 6.09. The zero-order chi connectivity index (χ0) is 22.8. The minimum atomic E-state index is -0.0122. The standard InChI is InChI=1S/C26H29N3O4/c1-31-22-8-4-3-6-19(22)18-28-11-10-21-24(26(28)30)20-7-5-9-23(32-2)25(20)29(21)13-12-27-14-16-33-17-15-27/h3-11H,12-18H2,1-2H3. The number of ether oxygens (including phenoxy) is 3. The number of methoxy groups -OCH3 is 2. The molecule has 0 amide bonds. The van der Waals surface area contributed by atoms with E-state index >= 15 is 0 Å². The summed E-state index contributed by atoms with van der Waals surface area (Å²) in [5, 5.41) is 1.65. The molecule has 2 aromatic carbocycles. The average Bonchev–Trinajstić information content (AvgIpc) is 3.19. The summed E-state index contributed by atoms with van der Waals surface area (Å²) < 4.78 is 20.7. The summed E-state index contributed by atoms with van der Waals surface area (Å²) in [6.45, 7) is 5.51. The van der Waals surface area contributed by atoms with E-state index in [1.807, 2.05) is 54.7 Å². The van der Waals surface area contributed by atoms with Crippen LogP contribution in [0.3, 0.4) is 0 Å². The molecular weight excluding hydrogens is 418 g/mol. The Balaban J connectivity index is 1.62. The predicted molar refractivity (Wildman–Crippen MR) is 130 cm³/mol. The highest BCUT2D eigenvalue weighted by atomic mass is 16.5. The first-order chi connectivity index (χ1) is 16.2. The molecule has 1 saturated heterocycles. The van der Waals surface area contributed by atoms with Crippen molar-refractivity contribution < 1.29 is 14.2 Å². The van der Waals surface area contributed by atoms with Gasteiger partial charge in [0, 0.05) is 43.3 Å². The minimum absolute atomic E-state index is 0.0122. The molecule has 1 fully saturated rings. The van der Waals surface area contributed by atoms with Gasteiger partial charge in [-0.15, -0.1) is 0 Å². The van der Waals surface area contributed by atoms with Crippen LogP contribution in [-0.4, -0.2) is 61.1 Å². The summed E-state index contributed by atoms with van der Waals surface area (Å²) in [6, 6.07) is 15.8. The first-order valence-corrected chi connectivity index (χ1v) is 11.3. The maximum Gasteiger partial charge on any atom is 0.260 e. The lowest BCUT2D eigenvalue weighted by molar-refractivity contribution is 0.0366. The van der Waals surface area contributed by atoms with Gasteiger partial charge in [-0.2, -0.15) is 0 Å². The van der Waals surface area contributed by atoms with Crippen LogP contribution in [-0.2, 0) is 17.8 Å². The van der Waals surface area contributed by atoms with Crippen molar-refractivity contribution in [1.29, 1.82) is 0 Å². The van der Waals surface area contributed by atoms with E-state index in [2.05, 4.69) is 9.47 Å². The Morgan fingerprint density at radius 1 is 0.909 bits per heavy atom. The Morgan fingerprint density at radius 3 is 2.45 bits per heavy atom. The van der Waals surface area contributed by atoms with Crippen molar-refractivity contribution in [3.05, 3.63) is 70.6 Å². The zero-order valence-electron chi connectivity index (χ0n) is 19.1. The molecule has 1 aliphatic heterocycles. The molecule has 5 rings (SSSR count). The Kier molecular flexibility index (Phi) is 6.07. The maximum absolute atomic E-state index is 13.7. The maximum atomic E-state index is 13.7. The molecule has 0 bridgehead atoms. The second kappa shape index (κ2) is 9.29. The molecule has 0 N–H and O–H groups in total. The monoisotopic (exact) mass is 447 g/mol. The van der Waals surface area contributed by atoms with Gasteiger partial charge in [-0.1, -0.05) is 30.3 Å². The molecule has 0 atom stereocenters. The number of benzene rings is 2. The van der Waals surface area contributed by atoms with E-state index < -0.39 is 0 Å². The smallest absolute Gasteiger partial charge is 0.260 e. The Labute approximate surface area is 192 Å². The van der Waals surface area contributed by atoms with Crippen LogP contribution in [0.15, 0.2) is 59.5 Å². The van der Waals surface area contributed by atoms with E-state index in [1.54, 1.807) is 18.8 Å². The van der Waals surface area contributed by atoms with Gasteiger partial charge in [0.15, 0.2) is 0 Å². The molecule has 7 heteroatoms. The van der Waals surface area contributed by atoms with Crippen LogP contribution in [0.1, 0.15) is 5.56 Å². The molecule has 7 nitrogen and oxygen atoms in total. The number of pyridine rings is 1. The fourth-order valence-corrected chi connectivity index (χ4v) is 4.77. The highest BCUT2D eigenvalue weighted by Gasteiger charge is 2.19. The van der Waals surface area contributed by atoms with E-state index in [0.717, 1.165) is 78.3 Å². The van der Waals surface area contributed by atoms with E-state index in [4.69, 9.17) is 14.2 Å². The second-order valence-electron chi connectivity index (χ2n) is 8.28. The van der Waals surface area contributed by atoms with Crippen molar-refractivity contribution in [3.8, 4) is 11.5 Å². The number of rotatable bonds is 7. The van der Waals surface area contributed by atoms with Gasteiger partial charge in [0.25, 0.3) is 5.56 Å². The number of nitrogens with zero attached hydrogens (tertiary/aromatic N) is 3. The number of hydrogen-bond donors (Lipinski definition) is 0. The van der Waals surface area contributed by atoms with Gasteiger partial charge in [-0.25, -0.2) is 0 Å². The fourth-order valence-electron chi connectivity index (χ4n) is 4.77. The van der Waals surface area contributed by atoms with E-state index in [9.17, 15) is 4.79 Å². The number of morpholine rings is 1. The van der Waals surface area contributed by atoms with Crippen LogP contribution >= 0.6 is 0 Å². The van der Waals surface area contributed by atoms with Gasteiger partial charge in [0.1, 0.15) is 11.5 Å². The second-order valence-corrected chi connectivity index (χ2v) is 8.28. The van der Waals surface area contributed by atoms with Crippen LogP contribution in [0.25, 0.3) is 21.8 Å². The lowest BCUT2D eigenvalue weighted by Gasteiger charge is -2.27. The van der Waals surface area contributed by atoms with Gasteiger partial charge in [-0.3, -0.25) is 9.69 Å². The molecule has 3 heterocycles. The zero-order valence-corrected chi connectivity index (χ0v) is 19.1. The van der Waals surface area contributed by atoms with E-state index in [-0.39, 0.29) is 5.56 Å². The van der Waals surface area contributed by atoms with Gasteiger partial charge >= 0.3 is 0 Å². The minimum Gasteiger partial charge on any atom is -0.496 e. The summed E-state index contributed by atoms with van der Waals surface area (Å²) in [4.78, 5) is 16.1. The van der Waals surface area contributed by atoms with Gasteiger partial charge in [0.2, 0.25) is 0 Å². The van der Waals surface area contributed by atoms with Crippen LogP contribution in [0.2, 0.25) is 0 Å². The Hall–Kier alpha value is -3.29. The molecule has 172 valence electrons. The van der Waals surface area contributed by atoms with Crippen molar-refractivity contribution in [2.24, 2.45) is 0 Å². The van der Waals surface area contributed by atoms with Crippen LogP contribution in [0, 0.1) is 0 Å². The molecule has 0 saturated carbocycles. The summed E-state index contributed by atoms with van der Waals surface area (Å²) >= 11 is 0. The van der Waals surface area contributed by atoms with E-state index in [1.165, 1.54) is 0 Å². The van der Waals surface area contributed by atoms with Gasteiger partial charge in [-0.05, 0) is 18.2 Å². The summed E-state index contributed by atoms with van der Waals surface area (Å²) in [5.74, 6) is 1.56. The van der Waals surface area contributed by atoms with Crippen molar-refractivity contribution >= 4 is 21.8 Å². The first kappa shape index (κ1) is 21.6. The fraction of sp³-hybridized carbons (Fsp3) is 0.346. The summed E-state index contributed by atoms with van der Waals surface area (Å²) in [7, 11) is 3.33. The number of aromatic nitrogens is 2. The van der Waals surface area contributed by atoms with Crippen LogP contribution in [0.4, 0.5) is 0 Å². The van der Waals surface area contributed by atoms with Gasteiger partial charge in [0.05, 0.1) is 50.4 Å².